The van der Waals surface area contributed by atoms with E-state index in [1.54, 1.807) is 6.20 Å². The molecule has 2 rings (SSSR count). The summed E-state index contributed by atoms with van der Waals surface area (Å²) in [6, 6.07) is 9.91. The van der Waals surface area contributed by atoms with Crippen LogP contribution in [0.5, 0.6) is 0 Å². The maximum absolute atomic E-state index is 11.6. The van der Waals surface area contributed by atoms with Crippen molar-refractivity contribution in [3.8, 4) is 0 Å². The zero-order valence-corrected chi connectivity index (χ0v) is 11.7. The van der Waals surface area contributed by atoms with Gasteiger partial charge in [-0.1, -0.05) is 24.3 Å². The summed E-state index contributed by atoms with van der Waals surface area (Å²) in [6.07, 6.45) is 3.12. The first kappa shape index (κ1) is 15.0. The Bertz CT molecular complexity index is 635. The Morgan fingerprint density at radius 3 is 2.76 bits per heavy atom. The van der Waals surface area contributed by atoms with Crippen molar-refractivity contribution in [2.75, 3.05) is 6.54 Å². The van der Waals surface area contributed by atoms with E-state index in [9.17, 15) is 9.59 Å². The fourth-order valence-corrected chi connectivity index (χ4v) is 2.19. The van der Waals surface area contributed by atoms with Gasteiger partial charge in [0.15, 0.2) is 0 Å². The highest BCUT2D eigenvalue weighted by molar-refractivity contribution is 5.81. The second-order valence-corrected chi connectivity index (χ2v) is 4.84. The van der Waals surface area contributed by atoms with E-state index >= 15 is 0 Å². The summed E-state index contributed by atoms with van der Waals surface area (Å²) in [5, 5.41) is 12.4. The lowest BCUT2D eigenvalue weighted by Crippen LogP contribution is -2.25. The van der Waals surface area contributed by atoms with Crippen LogP contribution in [0.25, 0.3) is 10.9 Å². The molecule has 0 spiro atoms. The van der Waals surface area contributed by atoms with Crippen LogP contribution >= 0.6 is 0 Å². The number of para-hydroxylation sites is 1. The lowest BCUT2D eigenvalue weighted by atomic mass is 10.1. The number of carboxylic acids is 1. The molecule has 5 nitrogen and oxygen atoms in total. The topological polar surface area (TPSA) is 79.3 Å². The maximum Gasteiger partial charge on any atom is 0.303 e. The van der Waals surface area contributed by atoms with Crippen LogP contribution in [0.1, 0.15) is 24.8 Å². The van der Waals surface area contributed by atoms with Crippen LogP contribution in [-0.2, 0) is 16.0 Å². The van der Waals surface area contributed by atoms with Crippen molar-refractivity contribution >= 4 is 22.8 Å². The summed E-state index contributed by atoms with van der Waals surface area (Å²) in [5.74, 6) is -0.978. The largest absolute Gasteiger partial charge is 0.481 e. The predicted octanol–water partition coefficient (Wildman–Crippen LogP) is 2.15. The molecule has 0 unspecified atom stereocenters. The fourth-order valence-electron chi connectivity index (χ4n) is 2.19. The lowest BCUT2D eigenvalue weighted by molar-refractivity contribution is -0.137. The van der Waals surface area contributed by atoms with Gasteiger partial charge < -0.3 is 10.4 Å². The molecular formula is C16H18N2O3. The van der Waals surface area contributed by atoms with E-state index in [0.29, 0.717) is 19.4 Å². The molecule has 0 bridgehead atoms. The molecule has 0 atom stereocenters. The minimum absolute atomic E-state index is 0.0284. The molecule has 2 aromatic rings. The average Bonchev–Trinajstić information content (AvgIpc) is 2.47. The first-order chi connectivity index (χ1) is 10.2. The monoisotopic (exact) mass is 286 g/mol. The number of rotatable bonds is 7. The van der Waals surface area contributed by atoms with Crippen molar-refractivity contribution in [3.05, 3.63) is 42.1 Å². The Hall–Kier alpha value is -2.43. The van der Waals surface area contributed by atoms with Crippen LogP contribution < -0.4 is 5.32 Å². The van der Waals surface area contributed by atoms with Gasteiger partial charge >= 0.3 is 5.97 Å². The molecule has 5 heteroatoms. The van der Waals surface area contributed by atoms with Crippen LogP contribution in [0.4, 0.5) is 0 Å². The predicted molar refractivity (Wildman–Crippen MR) is 79.9 cm³/mol. The molecule has 0 fully saturated rings. The van der Waals surface area contributed by atoms with Gasteiger partial charge in [0.2, 0.25) is 5.91 Å². The number of pyridine rings is 1. The number of benzene rings is 1. The first-order valence-electron chi connectivity index (χ1n) is 6.98. The van der Waals surface area contributed by atoms with E-state index in [-0.39, 0.29) is 18.7 Å². The van der Waals surface area contributed by atoms with Gasteiger partial charge in [-0.3, -0.25) is 14.6 Å². The van der Waals surface area contributed by atoms with E-state index in [2.05, 4.69) is 10.3 Å². The van der Waals surface area contributed by atoms with Crippen molar-refractivity contribution in [2.45, 2.75) is 25.7 Å². The van der Waals surface area contributed by atoms with Crippen LogP contribution in [0, 0.1) is 0 Å². The Balaban J connectivity index is 1.82. The van der Waals surface area contributed by atoms with Crippen LogP contribution in [0.15, 0.2) is 36.5 Å². The first-order valence-corrected chi connectivity index (χ1v) is 6.98. The van der Waals surface area contributed by atoms with E-state index < -0.39 is 5.97 Å². The summed E-state index contributed by atoms with van der Waals surface area (Å²) in [5.41, 5.74) is 2.05. The molecule has 21 heavy (non-hydrogen) atoms. The second-order valence-electron chi connectivity index (χ2n) is 4.84. The van der Waals surface area contributed by atoms with Crippen molar-refractivity contribution in [1.82, 2.24) is 10.3 Å². The molecule has 0 saturated carbocycles. The maximum atomic E-state index is 11.6. The highest BCUT2D eigenvalue weighted by Crippen LogP contribution is 2.15. The number of nitrogens with zero attached hydrogens (tertiary/aromatic N) is 1. The quantitative estimate of drug-likeness (QED) is 0.817. The van der Waals surface area contributed by atoms with E-state index in [4.69, 9.17) is 5.11 Å². The number of aromatic nitrogens is 1. The van der Waals surface area contributed by atoms with Crippen molar-refractivity contribution < 1.29 is 14.7 Å². The molecular weight excluding hydrogens is 268 g/mol. The number of amides is 1. The highest BCUT2D eigenvalue weighted by Gasteiger charge is 2.05. The molecule has 0 saturated heterocycles. The number of carbonyl (C=O) groups excluding carboxylic acids is 1. The zero-order chi connectivity index (χ0) is 15.1. The standard InChI is InChI=1S/C16H18N2O3/c19-14(7-2-8-15(20)21)17-11-9-13-5-1-4-12-6-3-10-18-16(12)13/h1,3-6,10H,2,7-9,11H2,(H,17,19)(H,20,21). The summed E-state index contributed by atoms with van der Waals surface area (Å²) < 4.78 is 0. The second kappa shape index (κ2) is 7.38. The van der Waals surface area contributed by atoms with Gasteiger partial charge in [-0.15, -0.1) is 0 Å². The minimum atomic E-state index is -0.871. The molecule has 0 aliphatic rings. The smallest absolute Gasteiger partial charge is 0.303 e. The third-order valence-corrected chi connectivity index (χ3v) is 3.23. The average molecular weight is 286 g/mol. The third-order valence-electron chi connectivity index (χ3n) is 3.23. The number of carbonyl (C=O) groups is 2. The SMILES string of the molecule is O=C(O)CCCC(=O)NCCc1cccc2cccnc12. The Labute approximate surface area is 123 Å². The van der Waals surface area contributed by atoms with Gasteiger partial charge in [0, 0.05) is 31.0 Å². The van der Waals surface area contributed by atoms with E-state index in [0.717, 1.165) is 16.5 Å². The molecule has 2 N–H and O–H groups in total. The van der Waals surface area contributed by atoms with E-state index in [1.165, 1.54) is 0 Å². The molecule has 1 aromatic heterocycles. The number of aliphatic carboxylic acids is 1. The van der Waals surface area contributed by atoms with Gasteiger partial charge in [-0.25, -0.2) is 0 Å². The number of carboxylic acid groups (broad SMARTS) is 1. The number of hydrogen-bond donors (Lipinski definition) is 2. The minimum Gasteiger partial charge on any atom is -0.481 e. The molecule has 0 aliphatic heterocycles. The van der Waals surface area contributed by atoms with Crippen LogP contribution in [0.2, 0.25) is 0 Å². The van der Waals surface area contributed by atoms with Gasteiger partial charge in [-0.05, 0) is 24.5 Å². The van der Waals surface area contributed by atoms with Crippen molar-refractivity contribution in [1.29, 1.82) is 0 Å². The number of nitrogens with one attached hydrogen (secondary N) is 1. The third kappa shape index (κ3) is 4.56. The molecule has 0 radical (unpaired) electrons. The van der Waals surface area contributed by atoms with Gasteiger partial charge in [-0.2, -0.15) is 0 Å². The Kier molecular flexibility index (Phi) is 5.26. The van der Waals surface area contributed by atoms with Gasteiger partial charge in [0.1, 0.15) is 0 Å². The van der Waals surface area contributed by atoms with Crippen molar-refractivity contribution in [2.24, 2.45) is 0 Å². The highest BCUT2D eigenvalue weighted by atomic mass is 16.4. The van der Waals surface area contributed by atoms with Crippen LogP contribution in [-0.4, -0.2) is 28.5 Å². The number of fused-ring (bicyclic) bond motifs is 1. The summed E-state index contributed by atoms with van der Waals surface area (Å²) in [7, 11) is 0. The van der Waals surface area contributed by atoms with Gasteiger partial charge in [0.25, 0.3) is 0 Å². The molecule has 1 amide bonds. The fraction of sp³-hybridized carbons (Fsp3) is 0.312. The number of hydrogen-bond acceptors (Lipinski definition) is 3. The Morgan fingerprint density at radius 1 is 1.14 bits per heavy atom. The summed E-state index contributed by atoms with van der Waals surface area (Å²) in [4.78, 5) is 26.3. The van der Waals surface area contributed by atoms with Gasteiger partial charge in [0.05, 0.1) is 5.52 Å². The molecule has 1 aromatic carbocycles. The molecule has 110 valence electrons. The Morgan fingerprint density at radius 2 is 1.95 bits per heavy atom. The summed E-state index contributed by atoms with van der Waals surface area (Å²) in [6.45, 7) is 0.529. The van der Waals surface area contributed by atoms with E-state index in [1.807, 2.05) is 30.3 Å². The summed E-state index contributed by atoms with van der Waals surface area (Å²) >= 11 is 0. The molecule has 0 aliphatic carbocycles. The van der Waals surface area contributed by atoms with Crippen LogP contribution in [0.3, 0.4) is 0 Å². The zero-order valence-electron chi connectivity index (χ0n) is 11.7. The lowest BCUT2D eigenvalue weighted by Gasteiger charge is -2.07. The normalized spacial score (nSPS) is 10.5. The van der Waals surface area contributed by atoms with Crippen molar-refractivity contribution in [3.63, 3.8) is 0 Å². The molecule has 1 heterocycles.